The van der Waals surface area contributed by atoms with Crippen molar-refractivity contribution in [2.75, 3.05) is 0 Å². The van der Waals surface area contributed by atoms with Gasteiger partial charge in [-0.05, 0) is 19.8 Å². The van der Waals surface area contributed by atoms with Gasteiger partial charge in [0.1, 0.15) is 17.4 Å². The van der Waals surface area contributed by atoms with Crippen LogP contribution in [0, 0.1) is 23.2 Å². The summed E-state index contributed by atoms with van der Waals surface area (Å²) in [5.41, 5.74) is -0.633. The lowest BCUT2D eigenvalue weighted by Crippen LogP contribution is -2.14. The molecule has 1 N–H and O–H groups in total. The Hall–Kier alpha value is -1.91. The number of hydrogen-bond donors (Lipinski definition) is 1. The van der Waals surface area contributed by atoms with Crippen LogP contribution in [0.25, 0.3) is 0 Å². The quantitative estimate of drug-likeness (QED) is 0.599. The van der Waals surface area contributed by atoms with Crippen LogP contribution in [-0.2, 0) is 0 Å². The smallest absolute Gasteiger partial charge is 0.174 e. The van der Waals surface area contributed by atoms with Gasteiger partial charge < -0.3 is 5.11 Å². The third-order valence-corrected chi connectivity index (χ3v) is 1.29. The van der Waals surface area contributed by atoms with Crippen molar-refractivity contribution in [1.82, 2.24) is 9.97 Å². The summed E-state index contributed by atoms with van der Waals surface area (Å²) in [5, 5.41) is 18.0. The van der Waals surface area contributed by atoms with Crippen molar-refractivity contribution in [3.8, 4) is 17.9 Å². The van der Waals surface area contributed by atoms with Crippen molar-refractivity contribution >= 4 is 0 Å². The van der Waals surface area contributed by atoms with E-state index in [0.29, 0.717) is 0 Å². The lowest BCUT2D eigenvalue weighted by molar-refractivity contribution is 0.143. The summed E-state index contributed by atoms with van der Waals surface area (Å²) >= 11 is 0. The van der Waals surface area contributed by atoms with Crippen LogP contribution < -0.4 is 0 Å². The molecule has 0 unspecified atom stereocenters. The minimum atomic E-state index is -1.09. The van der Waals surface area contributed by atoms with E-state index in [2.05, 4.69) is 21.8 Å². The highest BCUT2D eigenvalue weighted by molar-refractivity contribution is 5.39. The standard InChI is InChI=1S/C10H9N3O/c1-10(2,14)4-3-8-9(7-11)13-6-5-12-8/h5-6,14H,1-2H3. The van der Waals surface area contributed by atoms with E-state index in [1.807, 2.05) is 6.07 Å². The van der Waals surface area contributed by atoms with Crippen molar-refractivity contribution in [1.29, 1.82) is 5.26 Å². The number of nitrogens with zero attached hydrogens (tertiary/aromatic N) is 3. The van der Waals surface area contributed by atoms with Gasteiger partial charge in [0.2, 0.25) is 0 Å². The van der Waals surface area contributed by atoms with Gasteiger partial charge in [-0.15, -0.1) is 0 Å². The second kappa shape index (κ2) is 3.87. The molecule has 4 nitrogen and oxygen atoms in total. The van der Waals surface area contributed by atoms with Crippen LogP contribution in [0.1, 0.15) is 25.2 Å². The fourth-order valence-corrected chi connectivity index (χ4v) is 0.723. The molecule has 0 spiro atoms. The van der Waals surface area contributed by atoms with Gasteiger partial charge in [0.15, 0.2) is 5.69 Å². The Kier molecular flexibility index (Phi) is 2.81. The van der Waals surface area contributed by atoms with Crippen LogP contribution >= 0.6 is 0 Å². The molecule has 70 valence electrons. The second-order valence-electron chi connectivity index (χ2n) is 3.17. The van der Waals surface area contributed by atoms with Crippen LogP contribution in [0.4, 0.5) is 0 Å². The first-order valence-corrected chi connectivity index (χ1v) is 3.99. The molecule has 0 amide bonds. The molecule has 0 aromatic carbocycles. The maximum Gasteiger partial charge on any atom is 0.174 e. The SMILES string of the molecule is CC(C)(O)C#Cc1nccnc1C#N. The highest BCUT2D eigenvalue weighted by Gasteiger charge is 2.07. The molecule has 0 radical (unpaired) electrons. The van der Waals surface area contributed by atoms with E-state index in [0.717, 1.165) is 0 Å². The third kappa shape index (κ3) is 2.85. The van der Waals surface area contributed by atoms with E-state index >= 15 is 0 Å². The summed E-state index contributed by atoms with van der Waals surface area (Å²) in [4.78, 5) is 7.67. The minimum absolute atomic E-state index is 0.171. The first-order chi connectivity index (χ1) is 6.53. The highest BCUT2D eigenvalue weighted by atomic mass is 16.3. The van der Waals surface area contributed by atoms with E-state index in [1.165, 1.54) is 12.4 Å². The monoisotopic (exact) mass is 187 g/mol. The molecule has 0 fully saturated rings. The molecule has 1 aromatic rings. The average Bonchev–Trinajstić information content (AvgIpc) is 2.14. The Labute approximate surface area is 82.2 Å². The van der Waals surface area contributed by atoms with Crippen LogP contribution in [0.5, 0.6) is 0 Å². The predicted molar refractivity (Wildman–Crippen MR) is 49.9 cm³/mol. The molecule has 1 aromatic heterocycles. The molecule has 1 rings (SSSR count). The predicted octanol–water partition coefficient (Wildman–Crippen LogP) is 0.471. The summed E-state index contributed by atoms with van der Waals surface area (Å²) < 4.78 is 0. The molecule has 0 saturated carbocycles. The van der Waals surface area contributed by atoms with Gasteiger partial charge in [0.05, 0.1) is 0 Å². The van der Waals surface area contributed by atoms with E-state index < -0.39 is 5.60 Å². The third-order valence-electron chi connectivity index (χ3n) is 1.29. The van der Waals surface area contributed by atoms with Gasteiger partial charge in [0.25, 0.3) is 0 Å². The van der Waals surface area contributed by atoms with Gasteiger partial charge in [0, 0.05) is 12.4 Å². The topological polar surface area (TPSA) is 69.8 Å². The fraction of sp³-hybridized carbons (Fsp3) is 0.300. The molecular weight excluding hydrogens is 178 g/mol. The van der Waals surface area contributed by atoms with E-state index in [4.69, 9.17) is 5.26 Å². The lowest BCUT2D eigenvalue weighted by atomic mass is 10.1. The summed E-state index contributed by atoms with van der Waals surface area (Å²) in [6, 6.07) is 1.87. The molecule has 4 heteroatoms. The normalized spacial score (nSPS) is 9.86. The highest BCUT2D eigenvalue weighted by Crippen LogP contribution is 2.00. The molecule has 1 heterocycles. The van der Waals surface area contributed by atoms with Crippen LogP contribution in [0.2, 0.25) is 0 Å². The summed E-state index contributed by atoms with van der Waals surface area (Å²) in [7, 11) is 0. The molecule has 14 heavy (non-hydrogen) atoms. The molecule has 0 bridgehead atoms. The summed E-state index contributed by atoms with van der Waals surface area (Å²) in [6.45, 7) is 3.12. The Morgan fingerprint density at radius 2 is 1.86 bits per heavy atom. The maximum absolute atomic E-state index is 9.34. The van der Waals surface area contributed by atoms with Crippen molar-refractivity contribution in [2.24, 2.45) is 0 Å². The minimum Gasteiger partial charge on any atom is -0.378 e. The number of nitriles is 1. The van der Waals surface area contributed by atoms with Gasteiger partial charge in [-0.3, -0.25) is 0 Å². The molecule has 0 aliphatic carbocycles. The number of rotatable bonds is 0. The molecule has 0 aliphatic heterocycles. The molecule has 0 saturated heterocycles. The van der Waals surface area contributed by atoms with Crippen molar-refractivity contribution in [2.45, 2.75) is 19.4 Å². The Morgan fingerprint density at radius 3 is 2.36 bits per heavy atom. The lowest BCUT2D eigenvalue weighted by Gasteiger charge is -2.05. The number of aliphatic hydroxyl groups is 1. The van der Waals surface area contributed by atoms with E-state index in [1.54, 1.807) is 13.8 Å². The van der Waals surface area contributed by atoms with Crippen molar-refractivity contribution < 1.29 is 5.11 Å². The zero-order valence-electron chi connectivity index (χ0n) is 7.94. The summed E-state index contributed by atoms with van der Waals surface area (Å²) in [6.07, 6.45) is 2.88. The van der Waals surface area contributed by atoms with Crippen LogP contribution in [-0.4, -0.2) is 20.7 Å². The molecule has 0 atom stereocenters. The zero-order valence-corrected chi connectivity index (χ0v) is 7.94. The van der Waals surface area contributed by atoms with Gasteiger partial charge >= 0.3 is 0 Å². The zero-order chi connectivity index (χ0) is 10.6. The Morgan fingerprint density at radius 1 is 1.29 bits per heavy atom. The number of hydrogen-bond acceptors (Lipinski definition) is 4. The number of aromatic nitrogens is 2. The first-order valence-electron chi connectivity index (χ1n) is 3.99. The van der Waals surface area contributed by atoms with Gasteiger partial charge in [-0.1, -0.05) is 5.92 Å². The fourth-order valence-electron chi connectivity index (χ4n) is 0.723. The van der Waals surface area contributed by atoms with Crippen molar-refractivity contribution in [3.05, 3.63) is 23.8 Å². The summed E-state index contributed by atoms with van der Waals surface area (Å²) in [5.74, 6) is 5.17. The van der Waals surface area contributed by atoms with Gasteiger partial charge in [-0.25, -0.2) is 9.97 Å². The second-order valence-corrected chi connectivity index (χ2v) is 3.17. The van der Waals surface area contributed by atoms with Crippen LogP contribution in [0.15, 0.2) is 12.4 Å². The van der Waals surface area contributed by atoms with Crippen LogP contribution in [0.3, 0.4) is 0 Å². The molecular formula is C10H9N3O. The van der Waals surface area contributed by atoms with Crippen molar-refractivity contribution in [3.63, 3.8) is 0 Å². The van der Waals surface area contributed by atoms with E-state index in [9.17, 15) is 5.11 Å². The largest absolute Gasteiger partial charge is 0.378 e. The van der Waals surface area contributed by atoms with E-state index in [-0.39, 0.29) is 11.4 Å². The molecule has 0 aliphatic rings. The first kappa shape index (κ1) is 10.2. The maximum atomic E-state index is 9.34. The average molecular weight is 187 g/mol. The Bertz CT molecular complexity index is 429. The van der Waals surface area contributed by atoms with Gasteiger partial charge in [-0.2, -0.15) is 5.26 Å². The Balaban J connectivity index is 3.08.